The predicted molar refractivity (Wildman–Crippen MR) is 88.9 cm³/mol. The van der Waals surface area contributed by atoms with E-state index in [-0.39, 0.29) is 0 Å². The molecule has 0 saturated carbocycles. The van der Waals surface area contributed by atoms with Crippen LogP contribution in [-0.4, -0.2) is 5.96 Å². The van der Waals surface area contributed by atoms with Gasteiger partial charge in [-0.05, 0) is 60.2 Å². The third kappa shape index (κ3) is 3.56. The third-order valence-electron chi connectivity index (χ3n) is 3.72. The second-order valence-corrected chi connectivity index (χ2v) is 5.73. The molecule has 0 spiro atoms. The molecule has 0 atom stereocenters. The maximum absolute atomic E-state index is 5.94. The quantitative estimate of drug-likeness (QED) is 0.670. The fraction of sp³-hybridized carbons (Fsp3) is 0.235. The lowest BCUT2D eigenvalue weighted by atomic mass is 10.1. The molecule has 3 rings (SSSR count). The number of rotatable bonds is 3. The van der Waals surface area contributed by atoms with Gasteiger partial charge in [0.05, 0.1) is 6.54 Å². The lowest BCUT2D eigenvalue weighted by Crippen LogP contribution is -2.22. The smallest absolute Gasteiger partial charge is 0.193 e. The van der Waals surface area contributed by atoms with Gasteiger partial charge in [-0.25, -0.2) is 4.99 Å². The minimum atomic E-state index is 0.433. The Kier molecular flexibility index (Phi) is 4.11. The van der Waals surface area contributed by atoms with Crippen LogP contribution in [-0.2, 0) is 19.4 Å². The highest BCUT2D eigenvalue weighted by atomic mass is 35.5. The van der Waals surface area contributed by atoms with E-state index in [0.717, 1.165) is 22.7 Å². The number of nitrogens with one attached hydrogen (secondary N) is 1. The minimum absolute atomic E-state index is 0.433. The summed E-state index contributed by atoms with van der Waals surface area (Å²) in [4.78, 5) is 4.35. The molecule has 108 valence electrons. The molecule has 0 aliphatic heterocycles. The number of anilines is 1. The SMILES string of the molecule is NC(=NCc1ccc(Cl)cc1)Nc1ccc2c(c1)CCC2. The second kappa shape index (κ2) is 6.19. The first-order valence-electron chi connectivity index (χ1n) is 7.14. The highest BCUT2D eigenvalue weighted by Gasteiger charge is 2.10. The van der Waals surface area contributed by atoms with Gasteiger partial charge >= 0.3 is 0 Å². The van der Waals surface area contributed by atoms with Crippen LogP contribution in [0.15, 0.2) is 47.5 Å². The van der Waals surface area contributed by atoms with Gasteiger partial charge in [-0.1, -0.05) is 29.8 Å². The molecule has 2 aromatic carbocycles. The van der Waals surface area contributed by atoms with E-state index in [2.05, 4.69) is 28.5 Å². The van der Waals surface area contributed by atoms with Gasteiger partial charge < -0.3 is 11.1 Å². The lowest BCUT2D eigenvalue weighted by Gasteiger charge is -2.08. The molecule has 0 heterocycles. The van der Waals surface area contributed by atoms with Crippen LogP contribution in [0.5, 0.6) is 0 Å². The van der Waals surface area contributed by atoms with Gasteiger partial charge in [0.25, 0.3) is 0 Å². The maximum atomic E-state index is 5.94. The summed E-state index contributed by atoms with van der Waals surface area (Å²) >= 11 is 5.86. The fourth-order valence-corrected chi connectivity index (χ4v) is 2.73. The van der Waals surface area contributed by atoms with Crippen LogP contribution in [0.3, 0.4) is 0 Å². The zero-order valence-corrected chi connectivity index (χ0v) is 12.5. The summed E-state index contributed by atoms with van der Waals surface area (Å²) < 4.78 is 0. The minimum Gasteiger partial charge on any atom is -0.370 e. The van der Waals surface area contributed by atoms with Crippen LogP contribution < -0.4 is 11.1 Å². The Morgan fingerprint density at radius 2 is 1.86 bits per heavy atom. The van der Waals surface area contributed by atoms with E-state index in [4.69, 9.17) is 17.3 Å². The average molecular weight is 300 g/mol. The van der Waals surface area contributed by atoms with Gasteiger partial charge in [-0.15, -0.1) is 0 Å². The van der Waals surface area contributed by atoms with Gasteiger partial charge in [-0.3, -0.25) is 0 Å². The zero-order chi connectivity index (χ0) is 14.7. The molecule has 0 fully saturated rings. The largest absolute Gasteiger partial charge is 0.370 e. The van der Waals surface area contributed by atoms with Crippen molar-refractivity contribution in [3.8, 4) is 0 Å². The van der Waals surface area contributed by atoms with Crippen LogP contribution in [0.4, 0.5) is 5.69 Å². The van der Waals surface area contributed by atoms with E-state index in [1.807, 2.05) is 24.3 Å². The highest BCUT2D eigenvalue weighted by molar-refractivity contribution is 6.30. The van der Waals surface area contributed by atoms with Gasteiger partial charge in [0.15, 0.2) is 5.96 Å². The van der Waals surface area contributed by atoms with Gasteiger partial charge in [0, 0.05) is 10.7 Å². The summed E-state index contributed by atoms with van der Waals surface area (Å²) in [6.07, 6.45) is 3.60. The van der Waals surface area contributed by atoms with E-state index in [1.165, 1.54) is 24.0 Å². The van der Waals surface area contributed by atoms with Crippen LogP contribution in [0.25, 0.3) is 0 Å². The second-order valence-electron chi connectivity index (χ2n) is 5.29. The number of aliphatic imine (C=N–C) groups is 1. The van der Waals surface area contributed by atoms with Crippen LogP contribution >= 0.6 is 11.6 Å². The lowest BCUT2D eigenvalue weighted by molar-refractivity contribution is 0.912. The molecule has 0 bridgehead atoms. The fourth-order valence-electron chi connectivity index (χ4n) is 2.60. The molecular weight excluding hydrogens is 282 g/mol. The third-order valence-corrected chi connectivity index (χ3v) is 3.97. The van der Waals surface area contributed by atoms with E-state index in [9.17, 15) is 0 Å². The highest BCUT2D eigenvalue weighted by Crippen LogP contribution is 2.24. The predicted octanol–water partition coefficient (Wildman–Crippen LogP) is 3.76. The van der Waals surface area contributed by atoms with Crippen molar-refractivity contribution in [2.24, 2.45) is 10.7 Å². The topological polar surface area (TPSA) is 50.4 Å². The van der Waals surface area contributed by atoms with E-state index < -0.39 is 0 Å². The number of guanidine groups is 1. The summed E-state index contributed by atoms with van der Waals surface area (Å²) in [6, 6.07) is 14.0. The number of aryl methyl sites for hydroxylation is 2. The first-order valence-corrected chi connectivity index (χ1v) is 7.52. The summed E-state index contributed by atoms with van der Waals surface area (Å²) in [5, 5.41) is 3.88. The molecule has 1 aliphatic carbocycles. The van der Waals surface area contributed by atoms with Crippen molar-refractivity contribution in [1.29, 1.82) is 0 Å². The Labute approximate surface area is 129 Å². The van der Waals surface area contributed by atoms with Crippen LogP contribution in [0, 0.1) is 0 Å². The summed E-state index contributed by atoms with van der Waals surface area (Å²) in [5.74, 6) is 0.433. The number of hydrogen-bond acceptors (Lipinski definition) is 1. The van der Waals surface area contributed by atoms with Gasteiger partial charge in [0.1, 0.15) is 0 Å². The van der Waals surface area contributed by atoms with Crippen LogP contribution in [0.2, 0.25) is 5.02 Å². The first-order chi connectivity index (χ1) is 10.2. The van der Waals surface area contributed by atoms with E-state index >= 15 is 0 Å². The normalized spacial score (nSPS) is 14.0. The summed E-state index contributed by atoms with van der Waals surface area (Å²) in [5.41, 5.74) is 10.9. The molecule has 2 aromatic rings. The Bertz CT molecular complexity index is 662. The summed E-state index contributed by atoms with van der Waals surface area (Å²) in [7, 11) is 0. The molecule has 0 aromatic heterocycles. The van der Waals surface area contributed by atoms with Crippen LogP contribution in [0.1, 0.15) is 23.1 Å². The van der Waals surface area contributed by atoms with E-state index in [1.54, 1.807) is 0 Å². The average Bonchev–Trinajstić information content (AvgIpc) is 2.94. The van der Waals surface area contributed by atoms with Gasteiger partial charge in [-0.2, -0.15) is 0 Å². The molecule has 3 nitrogen and oxygen atoms in total. The molecule has 0 radical (unpaired) electrons. The molecule has 3 N–H and O–H groups in total. The Morgan fingerprint density at radius 1 is 1.10 bits per heavy atom. The maximum Gasteiger partial charge on any atom is 0.193 e. The van der Waals surface area contributed by atoms with Crippen molar-refractivity contribution in [3.05, 3.63) is 64.2 Å². The Morgan fingerprint density at radius 3 is 2.67 bits per heavy atom. The first kappa shape index (κ1) is 14.0. The van der Waals surface area contributed by atoms with Crippen molar-refractivity contribution >= 4 is 23.2 Å². The Hall–Kier alpha value is -2.00. The zero-order valence-electron chi connectivity index (χ0n) is 11.8. The molecule has 0 saturated heterocycles. The van der Waals surface area contributed by atoms with Crippen molar-refractivity contribution in [2.45, 2.75) is 25.8 Å². The molecule has 4 heteroatoms. The molecule has 0 unspecified atom stereocenters. The number of benzene rings is 2. The molecule has 0 amide bonds. The molecular formula is C17H18ClN3. The standard InChI is InChI=1S/C17H18ClN3/c18-15-7-4-12(5-8-15)11-20-17(19)21-16-9-6-13-2-1-3-14(13)10-16/h4-10H,1-3,11H2,(H3,19,20,21). The van der Waals surface area contributed by atoms with Gasteiger partial charge in [0.2, 0.25) is 0 Å². The molecule has 1 aliphatic rings. The Balaban J connectivity index is 1.64. The summed E-state index contributed by atoms with van der Waals surface area (Å²) in [6.45, 7) is 0.543. The molecule has 21 heavy (non-hydrogen) atoms. The number of halogens is 1. The number of fused-ring (bicyclic) bond motifs is 1. The van der Waals surface area contributed by atoms with Crippen molar-refractivity contribution in [3.63, 3.8) is 0 Å². The number of nitrogens with zero attached hydrogens (tertiary/aromatic N) is 1. The van der Waals surface area contributed by atoms with Crippen molar-refractivity contribution in [1.82, 2.24) is 0 Å². The van der Waals surface area contributed by atoms with Crippen molar-refractivity contribution in [2.75, 3.05) is 5.32 Å². The van der Waals surface area contributed by atoms with E-state index in [0.29, 0.717) is 12.5 Å². The number of nitrogens with two attached hydrogens (primary N) is 1. The van der Waals surface area contributed by atoms with Crippen molar-refractivity contribution < 1.29 is 0 Å². The monoisotopic (exact) mass is 299 g/mol. The number of hydrogen-bond donors (Lipinski definition) is 2.